The second kappa shape index (κ2) is 8.24. The lowest BCUT2D eigenvalue weighted by atomic mass is 10.1. The number of hydrogen-bond donors (Lipinski definition) is 2. The lowest BCUT2D eigenvalue weighted by molar-refractivity contribution is 0.0913. The van der Waals surface area contributed by atoms with E-state index in [1.165, 1.54) is 11.3 Å². The van der Waals surface area contributed by atoms with Gasteiger partial charge in [-0.05, 0) is 24.3 Å². The molecule has 0 saturated heterocycles. The number of hydrogen-bond acceptors (Lipinski definition) is 6. The van der Waals surface area contributed by atoms with Crippen molar-refractivity contribution in [3.63, 3.8) is 0 Å². The van der Waals surface area contributed by atoms with Crippen LogP contribution in [0.15, 0.2) is 54.2 Å². The lowest BCUT2D eigenvalue weighted by Gasteiger charge is -2.05. The van der Waals surface area contributed by atoms with Gasteiger partial charge in [0.1, 0.15) is 0 Å². The van der Waals surface area contributed by atoms with Crippen molar-refractivity contribution in [3.05, 3.63) is 59.7 Å². The summed E-state index contributed by atoms with van der Waals surface area (Å²) in [4.78, 5) is 16.3. The molecule has 1 aromatic carbocycles. The molecule has 0 saturated carbocycles. The van der Waals surface area contributed by atoms with Gasteiger partial charge in [-0.15, -0.1) is 11.3 Å². The van der Waals surface area contributed by atoms with Gasteiger partial charge >= 0.3 is 0 Å². The highest BCUT2D eigenvalue weighted by Crippen LogP contribution is 2.24. The number of nitrogens with zero attached hydrogens (tertiary/aromatic N) is 3. The van der Waals surface area contributed by atoms with Crippen molar-refractivity contribution in [2.24, 2.45) is 0 Å². The van der Waals surface area contributed by atoms with Crippen LogP contribution in [-0.2, 0) is 0 Å². The number of benzene rings is 1. The maximum Gasteiger partial charge on any atom is 0.244 e. The Bertz CT molecular complexity index is 862. The van der Waals surface area contributed by atoms with E-state index in [-0.39, 0.29) is 5.91 Å². The predicted octanol–water partition coefficient (Wildman–Crippen LogP) is 2.83. The monoisotopic (exact) mass is 351 g/mol. The molecule has 2 N–H and O–H groups in total. The third kappa shape index (κ3) is 4.53. The van der Waals surface area contributed by atoms with Crippen LogP contribution in [0.1, 0.15) is 10.4 Å². The van der Waals surface area contributed by atoms with E-state index in [0.29, 0.717) is 25.2 Å². The van der Waals surface area contributed by atoms with E-state index in [4.69, 9.17) is 5.26 Å². The molecule has 0 aliphatic rings. The number of anilines is 1. The summed E-state index contributed by atoms with van der Waals surface area (Å²) in [6.07, 6.45) is 3.48. The van der Waals surface area contributed by atoms with E-state index in [2.05, 4.69) is 21.7 Å². The van der Waals surface area contributed by atoms with Gasteiger partial charge in [0.05, 0.1) is 23.9 Å². The second-order valence-electron chi connectivity index (χ2n) is 5.31. The molecule has 0 aliphatic heterocycles. The van der Waals surface area contributed by atoms with Gasteiger partial charge < -0.3 is 10.6 Å². The van der Waals surface area contributed by atoms with Crippen LogP contribution in [0.4, 0.5) is 5.13 Å². The molecule has 0 amide bonds. The van der Waals surface area contributed by atoms with Crippen molar-refractivity contribution in [3.8, 4) is 17.3 Å². The van der Waals surface area contributed by atoms with Gasteiger partial charge in [0.15, 0.2) is 5.13 Å². The zero-order valence-electron chi connectivity index (χ0n) is 13.5. The van der Waals surface area contributed by atoms with Crippen molar-refractivity contribution in [2.75, 3.05) is 25.0 Å². The maximum absolute atomic E-state index is 11.8. The second-order valence-corrected chi connectivity index (χ2v) is 6.17. The average Bonchev–Trinajstić information content (AvgIpc) is 3.33. The Kier molecular flexibility index (Phi) is 5.57. The van der Waals surface area contributed by atoms with Crippen LogP contribution in [0.2, 0.25) is 0 Å². The minimum atomic E-state index is 0.0161. The molecule has 25 heavy (non-hydrogen) atoms. The summed E-state index contributed by atoms with van der Waals surface area (Å²) < 4.78 is 1.56. The van der Waals surface area contributed by atoms with Crippen molar-refractivity contribution < 1.29 is 4.79 Å². The highest BCUT2D eigenvalue weighted by atomic mass is 32.1. The summed E-state index contributed by atoms with van der Waals surface area (Å²) in [5.74, 6) is 0.0161. The zero-order valence-corrected chi connectivity index (χ0v) is 14.3. The summed E-state index contributed by atoms with van der Waals surface area (Å²) >= 11 is 1.53. The van der Waals surface area contributed by atoms with E-state index >= 15 is 0 Å². The van der Waals surface area contributed by atoms with E-state index in [1.807, 2.05) is 29.6 Å². The number of carbonyl (C=O) groups excluding carboxylic acids is 1. The Morgan fingerprint density at radius 2 is 1.96 bits per heavy atom. The SMILES string of the molecule is N#Cc1ccc(-c2csc(NCCNCC(=O)n3cccc3)n2)cc1. The summed E-state index contributed by atoms with van der Waals surface area (Å²) in [6.45, 7) is 1.64. The van der Waals surface area contributed by atoms with Crippen LogP contribution in [0, 0.1) is 11.3 Å². The standard InChI is InChI=1S/C18H17N5OS/c19-11-14-3-5-15(6-4-14)16-13-25-18(22-16)21-8-7-20-12-17(24)23-9-1-2-10-23/h1-6,9-10,13,20H,7-8,12H2,(H,21,22). The van der Waals surface area contributed by atoms with Crippen LogP contribution >= 0.6 is 11.3 Å². The molecule has 0 bridgehead atoms. The van der Waals surface area contributed by atoms with Gasteiger partial charge in [0.2, 0.25) is 5.91 Å². The molecule has 0 unspecified atom stereocenters. The molecule has 0 fully saturated rings. The Hall–Kier alpha value is -2.95. The molecule has 3 rings (SSSR count). The molecule has 2 aromatic heterocycles. The topological polar surface area (TPSA) is 82.7 Å². The van der Waals surface area contributed by atoms with Crippen molar-refractivity contribution in [1.29, 1.82) is 5.26 Å². The highest BCUT2D eigenvalue weighted by molar-refractivity contribution is 7.14. The number of rotatable bonds is 7. The minimum absolute atomic E-state index is 0.0161. The van der Waals surface area contributed by atoms with Crippen molar-refractivity contribution in [1.82, 2.24) is 14.9 Å². The molecular weight excluding hydrogens is 334 g/mol. The van der Waals surface area contributed by atoms with Gasteiger partial charge in [-0.25, -0.2) is 4.98 Å². The number of nitriles is 1. The molecule has 3 aromatic rings. The van der Waals surface area contributed by atoms with E-state index in [9.17, 15) is 4.79 Å². The van der Waals surface area contributed by atoms with Crippen LogP contribution in [-0.4, -0.2) is 35.1 Å². The highest BCUT2D eigenvalue weighted by Gasteiger charge is 2.05. The van der Waals surface area contributed by atoms with Gasteiger partial charge in [-0.2, -0.15) is 5.26 Å². The minimum Gasteiger partial charge on any atom is -0.360 e. The first kappa shape index (κ1) is 16.9. The number of thiazole rings is 1. The van der Waals surface area contributed by atoms with Gasteiger partial charge in [-0.1, -0.05) is 12.1 Å². The Labute approximate surface area is 149 Å². The van der Waals surface area contributed by atoms with Crippen molar-refractivity contribution >= 4 is 22.4 Å². The van der Waals surface area contributed by atoms with Gasteiger partial charge in [0.25, 0.3) is 0 Å². The maximum atomic E-state index is 11.8. The molecule has 0 aliphatic carbocycles. The largest absolute Gasteiger partial charge is 0.360 e. The van der Waals surface area contributed by atoms with Gasteiger partial charge in [-0.3, -0.25) is 9.36 Å². The quantitative estimate of drug-likeness (QED) is 0.640. The van der Waals surface area contributed by atoms with Crippen LogP contribution in [0.5, 0.6) is 0 Å². The molecule has 126 valence electrons. The van der Waals surface area contributed by atoms with Crippen LogP contribution in [0.25, 0.3) is 11.3 Å². The average molecular weight is 351 g/mol. The summed E-state index contributed by atoms with van der Waals surface area (Å²) in [5.41, 5.74) is 2.50. The Balaban J connectivity index is 1.42. The third-order valence-electron chi connectivity index (χ3n) is 3.56. The lowest BCUT2D eigenvalue weighted by Crippen LogP contribution is -2.30. The molecule has 6 nitrogen and oxygen atoms in total. The molecule has 2 heterocycles. The van der Waals surface area contributed by atoms with Crippen LogP contribution < -0.4 is 10.6 Å². The summed E-state index contributed by atoms with van der Waals surface area (Å²) in [7, 11) is 0. The summed E-state index contributed by atoms with van der Waals surface area (Å²) in [5, 5.41) is 18.0. The summed E-state index contributed by atoms with van der Waals surface area (Å²) in [6, 6.07) is 13.1. The fourth-order valence-electron chi connectivity index (χ4n) is 2.25. The fourth-order valence-corrected chi connectivity index (χ4v) is 3.00. The van der Waals surface area contributed by atoms with E-state index in [1.54, 1.807) is 29.1 Å². The molecule has 0 spiro atoms. The van der Waals surface area contributed by atoms with Gasteiger partial charge in [0, 0.05) is 36.4 Å². The van der Waals surface area contributed by atoms with E-state index < -0.39 is 0 Å². The third-order valence-corrected chi connectivity index (χ3v) is 4.36. The number of nitrogens with one attached hydrogen (secondary N) is 2. The smallest absolute Gasteiger partial charge is 0.244 e. The van der Waals surface area contributed by atoms with Crippen molar-refractivity contribution in [2.45, 2.75) is 0 Å². The number of aromatic nitrogens is 2. The predicted molar refractivity (Wildman–Crippen MR) is 98.7 cm³/mol. The first-order chi connectivity index (χ1) is 12.3. The molecule has 0 radical (unpaired) electrons. The molecular formula is C18H17N5OS. The fraction of sp³-hybridized carbons (Fsp3) is 0.167. The molecule has 0 atom stereocenters. The van der Waals surface area contributed by atoms with Crippen LogP contribution in [0.3, 0.4) is 0 Å². The Morgan fingerprint density at radius 3 is 2.68 bits per heavy atom. The zero-order chi connectivity index (χ0) is 17.5. The number of carbonyl (C=O) groups is 1. The first-order valence-corrected chi connectivity index (χ1v) is 8.71. The van der Waals surface area contributed by atoms with E-state index in [0.717, 1.165) is 16.4 Å². The first-order valence-electron chi connectivity index (χ1n) is 7.83. The Morgan fingerprint density at radius 1 is 1.20 bits per heavy atom. The normalized spacial score (nSPS) is 10.4. The molecule has 7 heteroatoms.